The van der Waals surface area contributed by atoms with Crippen molar-refractivity contribution in [2.45, 2.75) is 51.9 Å². The Morgan fingerprint density at radius 1 is 1.33 bits per heavy atom. The van der Waals surface area contributed by atoms with Gasteiger partial charge in [-0.25, -0.2) is 0 Å². The Hall–Kier alpha value is -1.10. The molecule has 0 aromatic heterocycles. The maximum absolute atomic E-state index is 12.4. The molecule has 1 amide bonds. The van der Waals surface area contributed by atoms with Crippen LogP contribution in [0.1, 0.15) is 51.9 Å². The zero-order chi connectivity index (χ0) is 15.3. The number of hydrogen-bond donors (Lipinski definition) is 2. The van der Waals surface area contributed by atoms with Gasteiger partial charge in [-0.3, -0.25) is 9.59 Å². The second-order valence-corrected chi connectivity index (χ2v) is 6.63. The van der Waals surface area contributed by atoms with E-state index in [1.807, 2.05) is 11.8 Å². The second kappa shape index (κ2) is 7.25. The Morgan fingerprint density at radius 2 is 2.05 bits per heavy atom. The molecule has 5 nitrogen and oxygen atoms in total. The lowest BCUT2D eigenvalue weighted by molar-refractivity contribution is -0.155. The summed E-state index contributed by atoms with van der Waals surface area (Å²) in [6.07, 6.45) is 5.69. The van der Waals surface area contributed by atoms with E-state index in [2.05, 4.69) is 5.32 Å². The van der Waals surface area contributed by atoms with Crippen LogP contribution in [0.25, 0.3) is 0 Å². The highest BCUT2D eigenvalue weighted by Gasteiger charge is 2.41. The van der Waals surface area contributed by atoms with Crippen LogP contribution in [0.15, 0.2) is 0 Å². The number of likely N-dealkylation sites (tertiary alicyclic amines) is 1. The first-order chi connectivity index (χ1) is 10.1. The number of carbonyl (C=O) groups excluding carboxylic acids is 1. The Bertz CT molecular complexity index is 370. The van der Waals surface area contributed by atoms with Crippen LogP contribution in [0.2, 0.25) is 0 Å². The molecule has 2 N–H and O–H groups in total. The number of carbonyl (C=O) groups is 2. The first kappa shape index (κ1) is 16.3. The van der Waals surface area contributed by atoms with Gasteiger partial charge in [0.25, 0.3) is 0 Å². The maximum Gasteiger partial charge on any atom is 0.309 e. The van der Waals surface area contributed by atoms with Crippen LogP contribution in [-0.2, 0) is 9.59 Å². The molecule has 0 spiro atoms. The lowest BCUT2D eigenvalue weighted by Gasteiger charge is -2.39. The van der Waals surface area contributed by atoms with E-state index in [9.17, 15) is 14.7 Å². The van der Waals surface area contributed by atoms with Crippen molar-refractivity contribution in [2.75, 3.05) is 26.2 Å². The summed E-state index contributed by atoms with van der Waals surface area (Å²) in [5.41, 5.74) is -0.599. The van der Waals surface area contributed by atoms with Crippen LogP contribution in [0.4, 0.5) is 0 Å². The van der Waals surface area contributed by atoms with Crippen molar-refractivity contribution in [3.63, 3.8) is 0 Å². The summed E-state index contributed by atoms with van der Waals surface area (Å²) in [6, 6.07) is 0. The SMILES string of the molecule is CCCC1(C(=O)O)CCN(C(=O)CC2CCCNC2)CC1. The molecule has 0 saturated carbocycles. The van der Waals surface area contributed by atoms with Crippen molar-refractivity contribution in [1.29, 1.82) is 0 Å². The number of nitrogens with zero attached hydrogens (tertiary/aromatic N) is 1. The Kier molecular flexibility index (Phi) is 5.62. The third kappa shape index (κ3) is 3.96. The van der Waals surface area contributed by atoms with Crippen LogP contribution in [-0.4, -0.2) is 48.1 Å². The molecule has 1 atom stereocenters. The number of hydrogen-bond acceptors (Lipinski definition) is 3. The minimum Gasteiger partial charge on any atom is -0.481 e. The molecule has 2 saturated heterocycles. The number of aliphatic carboxylic acids is 1. The number of amides is 1. The lowest BCUT2D eigenvalue weighted by Crippen LogP contribution is -2.47. The van der Waals surface area contributed by atoms with Crippen LogP contribution in [0.3, 0.4) is 0 Å². The third-order valence-electron chi connectivity index (χ3n) is 5.12. The van der Waals surface area contributed by atoms with E-state index >= 15 is 0 Å². The predicted molar refractivity (Wildman–Crippen MR) is 81.0 cm³/mol. The summed E-state index contributed by atoms with van der Waals surface area (Å²) >= 11 is 0. The van der Waals surface area contributed by atoms with Crippen LogP contribution < -0.4 is 5.32 Å². The topological polar surface area (TPSA) is 69.6 Å². The van der Waals surface area contributed by atoms with Crippen LogP contribution in [0.5, 0.6) is 0 Å². The van der Waals surface area contributed by atoms with Gasteiger partial charge in [-0.2, -0.15) is 0 Å². The molecular weight excluding hydrogens is 268 g/mol. The average molecular weight is 296 g/mol. The highest BCUT2D eigenvalue weighted by molar-refractivity contribution is 5.78. The molecule has 0 aliphatic carbocycles. The van der Waals surface area contributed by atoms with Crippen molar-refractivity contribution in [3.05, 3.63) is 0 Å². The maximum atomic E-state index is 12.4. The van der Waals surface area contributed by atoms with Crippen molar-refractivity contribution < 1.29 is 14.7 Å². The molecule has 21 heavy (non-hydrogen) atoms. The molecule has 0 bridgehead atoms. The van der Waals surface area contributed by atoms with E-state index in [0.717, 1.165) is 38.8 Å². The highest BCUT2D eigenvalue weighted by Crippen LogP contribution is 2.36. The van der Waals surface area contributed by atoms with Gasteiger partial charge in [0.05, 0.1) is 5.41 Å². The average Bonchev–Trinajstić information content (AvgIpc) is 2.49. The van der Waals surface area contributed by atoms with Gasteiger partial charge >= 0.3 is 5.97 Å². The molecule has 2 heterocycles. The van der Waals surface area contributed by atoms with E-state index in [0.29, 0.717) is 38.3 Å². The molecule has 0 aromatic rings. The molecule has 0 aromatic carbocycles. The normalized spacial score (nSPS) is 25.6. The number of piperidine rings is 2. The van der Waals surface area contributed by atoms with E-state index < -0.39 is 11.4 Å². The van der Waals surface area contributed by atoms with Gasteiger partial charge in [-0.05, 0) is 51.1 Å². The minimum absolute atomic E-state index is 0.208. The molecule has 2 aliphatic rings. The van der Waals surface area contributed by atoms with Crippen LogP contribution >= 0.6 is 0 Å². The van der Waals surface area contributed by atoms with Crippen molar-refractivity contribution in [1.82, 2.24) is 10.2 Å². The first-order valence-corrected chi connectivity index (χ1v) is 8.29. The van der Waals surface area contributed by atoms with Gasteiger partial charge in [0.2, 0.25) is 5.91 Å². The molecule has 2 rings (SSSR count). The molecule has 2 fully saturated rings. The van der Waals surface area contributed by atoms with E-state index in [-0.39, 0.29) is 5.91 Å². The molecular formula is C16H28N2O3. The van der Waals surface area contributed by atoms with E-state index in [1.54, 1.807) is 0 Å². The van der Waals surface area contributed by atoms with Gasteiger partial charge in [-0.15, -0.1) is 0 Å². The molecule has 1 unspecified atom stereocenters. The lowest BCUT2D eigenvalue weighted by atomic mass is 9.75. The van der Waals surface area contributed by atoms with Crippen molar-refractivity contribution in [2.24, 2.45) is 11.3 Å². The summed E-state index contributed by atoms with van der Waals surface area (Å²) < 4.78 is 0. The van der Waals surface area contributed by atoms with Gasteiger partial charge in [0, 0.05) is 19.5 Å². The summed E-state index contributed by atoms with van der Waals surface area (Å²) in [5.74, 6) is -0.0276. The number of carboxylic acid groups (broad SMARTS) is 1. The number of nitrogens with one attached hydrogen (secondary N) is 1. The summed E-state index contributed by atoms with van der Waals surface area (Å²) in [4.78, 5) is 25.8. The number of carboxylic acids is 1. The van der Waals surface area contributed by atoms with Gasteiger partial charge in [-0.1, -0.05) is 13.3 Å². The van der Waals surface area contributed by atoms with Crippen molar-refractivity contribution >= 4 is 11.9 Å². The zero-order valence-electron chi connectivity index (χ0n) is 13.1. The predicted octanol–water partition coefficient (Wildman–Crippen LogP) is 1.87. The van der Waals surface area contributed by atoms with E-state index in [1.165, 1.54) is 0 Å². The largest absolute Gasteiger partial charge is 0.481 e. The summed E-state index contributed by atoms with van der Waals surface area (Å²) in [7, 11) is 0. The fourth-order valence-corrected chi connectivity index (χ4v) is 3.71. The Labute approximate surface area is 127 Å². The molecule has 5 heteroatoms. The molecule has 120 valence electrons. The standard InChI is InChI=1S/C16H28N2O3/c1-2-5-16(15(20)21)6-9-18(10-7-16)14(19)11-13-4-3-8-17-12-13/h13,17H,2-12H2,1H3,(H,20,21). The van der Waals surface area contributed by atoms with E-state index in [4.69, 9.17) is 0 Å². The zero-order valence-corrected chi connectivity index (χ0v) is 13.1. The van der Waals surface area contributed by atoms with Gasteiger partial charge in [0.15, 0.2) is 0 Å². The highest BCUT2D eigenvalue weighted by atomic mass is 16.4. The third-order valence-corrected chi connectivity index (χ3v) is 5.12. The monoisotopic (exact) mass is 296 g/mol. The minimum atomic E-state index is -0.687. The molecule has 0 radical (unpaired) electrons. The Balaban J connectivity index is 1.84. The fourth-order valence-electron chi connectivity index (χ4n) is 3.71. The van der Waals surface area contributed by atoms with Crippen LogP contribution in [0, 0.1) is 11.3 Å². The summed E-state index contributed by atoms with van der Waals surface area (Å²) in [6.45, 7) is 5.23. The van der Waals surface area contributed by atoms with Crippen molar-refractivity contribution in [3.8, 4) is 0 Å². The van der Waals surface area contributed by atoms with Gasteiger partial charge < -0.3 is 15.3 Å². The second-order valence-electron chi connectivity index (χ2n) is 6.63. The van der Waals surface area contributed by atoms with Gasteiger partial charge in [0.1, 0.15) is 0 Å². The smallest absolute Gasteiger partial charge is 0.309 e. The fraction of sp³-hybridized carbons (Fsp3) is 0.875. The summed E-state index contributed by atoms with van der Waals surface area (Å²) in [5, 5.41) is 12.8. The Morgan fingerprint density at radius 3 is 2.57 bits per heavy atom. The number of rotatable bonds is 5. The first-order valence-electron chi connectivity index (χ1n) is 8.29. The quantitative estimate of drug-likeness (QED) is 0.812. The molecule has 2 aliphatic heterocycles.